The smallest absolute Gasteiger partial charge is 0.206 e. The molecule has 0 aliphatic rings. The first-order chi connectivity index (χ1) is 36.9. The van der Waals surface area contributed by atoms with Crippen molar-refractivity contribution in [3.05, 3.63) is 221 Å². The fourth-order valence-corrected chi connectivity index (χ4v) is 13.7. The molecule has 18 heteroatoms. The lowest BCUT2D eigenvalue weighted by atomic mass is 10.0. The number of benzene rings is 9. The second kappa shape index (κ2) is 23.8. The van der Waals surface area contributed by atoms with Gasteiger partial charge in [-0.3, -0.25) is 0 Å². The van der Waals surface area contributed by atoms with Gasteiger partial charge < -0.3 is 4.74 Å². The van der Waals surface area contributed by atoms with E-state index in [1.165, 1.54) is 52.7 Å². The van der Waals surface area contributed by atoms with Crippen LogP contribution in [0.15, 0.2) is 221 Å². The number of hydrogen-bond acceptors (Lipinski definition) is 9. The summed E-state index contributed by atoms with van der Waals surface area (Å²) in [5, 5.41) is 0. The quantitative estimate of drug-likeness (QED) is 0.0407. The number of aryl methyl sites for hydroxylation is 2. The molecule has 0 amide bonds. The number of thioether (sulfide) groups is 1. The zero-order chi connectivity index (χ0) is 54.7. The van der Waals surface area contributed by atoms with Gasteiger partial charge in [0, 0.05) is 54.5 Å². The van der Waals surface area contributed by atoms with E-state index in [1.807, 2.05) is 44.2 Å². The van der Waals surface area contributed by atoms with E-state index in [2.05, 4.69) is 60.7 Å². The molecule has 0 fully saturated rings. The van der Waals surface area contributed by atoms with Gasteiger partial charge in [0.2, 0.25) is 27.2 Å². The Bertz CT molecular complexity index is 3810. The van der Waals surface area contributed by atoms with Crippen molar-refractivity contribution < 1.29 is 48.3 Å². The summed E-state index contributed by atoms with van der Waals surface area (Å²) in [7, 11) is -3.83. The van der Waals surface area contributed by atoms with Gasteiger partial charge in [-0.1, -0.05) is 70.8 Å². The molecule has 0 aliphatic carbocycles. The topological polar surface area (TPSA) is 43.4 Å². The van der Waals surface area contributed by atoms with E-state index >= 15 is 35.1 Å². The Balaban J connectivity index is 0.816. The fraction of sp³-hybridized carbons (Fsp3) is 0.0508. The molecule has 0 bridgehead atoms. The van der Waals surface area contributed by atoms with E-state index < -0.39 is 78.1 Å². The second-order valence-electron chi connectivity index (χ2n) is 16.7. The molecule has 0 spiro atoms. The van der Waals surface area contributed by atoms with Crippen LogP contribution in [-0.4, -0.2) is 14.7 Å². The largest absolute Gasteiger partial charge is 0.451 e. The summed E-state index contributed by atoms with van der Waals surface area (Å²) in [6.07, 6.45) is 7.34. The minimum absolute atomic E-state index is 0.119. The summed E-state index contributed by atoms with van der Waals surface area (Å²) in [6.45, 7) is 3.75. The monoisotopic (exact) mass is 1170 g/mol. The van der Waals surface area contributed by atoms with E-state index in [9.17, 15) is 8.42 Å². The summed E-state index contributed by atoms with van der Waals surface area (Å²) in [4.78, 5) is 7.99. The van der Waals surface area contributed by atoms with Gasteiger partial charge in [0.05, 0.1) is 25.8 Å². The van der Waals surface area contributed by atoms with Gasteiger partial charge in [-0.25, -0.2) is 34.8 Å². The van der Waals surface area contributed by atoms with Crippen molar-refractivity contribution in [3.63, 3.8) is 0 Å². The van der Waals surface area contributed by atoms with Gasteiger partial charge in [-0.15, -0.1) is 18.2 Å². The third-order valence-electron chi connectivity index (χ3n) is 11.5. The minimum atomic E-state index is -3.83. The highest BCUT2D eigenvalue weighted by atomic mass is 32.2. The molecule has 0 atom stereocenters. The Morgan fingerprint density at radius 2 is 0.792 bits per heavy atom. The molecular formula is C59H36F8O3S7. The van der Waals surface area contributed by atoms with Crippen molar-refractivity contribution in [3.8, 4) is 35.0 Å². The maximum Gasteiger partial charge on any atom is 0.206 e. The number of hydrogen-bond donors (Lipinski definition) is 0. The van der Waals surface area contributed by atoms with Gasteiger partial charge in [0.25, 0.3) is 0 Å². The molecule has 9 aromatic carbocycles. The van der Waals surface area contributed by atoms with Crippen molar-refractivity contribution in [2.24, 2.45) is 0 Å². The van der Waals surface area contributed by atoms with Crippen molar-refractivity contribution in [2.45, 2.75) is 77.5 Å². The highest BCUT2D eigenvalue weighted by Crippen LogP contribution is 2.45. The molecular weight excluding hydrogens is 1130 g/mol. The van der Waals surface area contributed by atoms with Crippen LogP contribution in [0.2, 0.25) is 0 Å². The molecule has 388 valence electrons. The molecule has 9 rings (SSSR count). The van der Waals surface area contributed by atoms with E-state index in [0.29, 0.717) is 4.90 Å². The third-order valence-corrected chi connectivity index (χ3v) is 19.5. The van der Waals surface area contributed by atoms with Crippen LogP contribution in [0.25, 0.3) is 11.1 Å². The molecule has 0 N–H and O–H groups in total. The predicted molar refractivity (Wildman–Crippen MR) is 292 cm³/mol. The SMILES string of the molecule is C#Cc1cccc(Oc2c(F)c(F)c(-c3c(F)c(F)c(Sc4ccc(Sc5ccc(Sc6ccc(S(=O)(=O)c7ccc(Sc8ccc(Sc9ccc(SC)cc9)cc8)c(C)c7)cc6C)cc5)cc4)c(F)c3F)c(F)c2F)c1. The van der Waals surface area contributed by atoms with Crippen molar-refractivity contribution >= 4 is 80.4 Å². The third kappa shape index (κ3) is 12.3. The van der Waals surface area contributed by atoms with Crippen molar-refractivity contribution in [2.75, 3.05) is 6.26 Å². The first kappa shape index (κ1) is 55.6. The zero-order valence-corrected chi connectivity index (χ0v) is 45.9. The van der Waals surface area contributed by atoms with Crippen LogP contribution in [-0.2, 0) is 9.84 Å². The maximum atomic E-state index is 15.5. The highest BCUT2D eigenvalue weighted by molar-refractivity contribution is 8.00. The highest BCUT2D eigenvalue weighted by Gasteiger charge is 2.35. The van der Waals surface area contributed by atoms with Gasteiger partial charge in [0.1, 0.15) is 5.75 Å². The average Bonchev–Trinajstić information content (AvgIpc) is 3.45. The van der Waals surface area contributed by atoms with Crippen LogP contribution in [0.4, 0.5) is 35.1 Å². The molecule has 9 aromatic rings. The van der Waals surface area contributed by atoms with Crippen LogP contribution < -0.4 is 4.74 Å². The standard InChI is InChI=1S/C59H36F8O3S7/c1-5-34-7-6-8-35(31-34)70-58-54(64)50(60)48(51(61)55(58)65)49-52(62)56(66)59(57(67)53(49)63)76-43-23-17-40(18-24-43)73-39-15-21-42(22-16-39)75-47-28-26-45(30-33(47)3)77(68,69)44-25-27-46(32(2)29-44)74-41-19-13-38(14-20-41)72-37-11-9-36(71-4)10-12-37/h1,6-31H,2-4H3. The minimum Gasteiger partial charge on any atom is -0.451 e. The van der Waals surface area contributed by atoms with Crippen LogP contribution in [0.3, 0.4) is 0 Å². The number of terminal acetylenes is 1. The summed E-state index contributed by atoms with van der Waals surface area (Å²) < 4.78 is 156. The number of sulfone groups is 1. The van der Waals surface area contributed by atoms with Crippen LogP contribution in [0, 0.1) is 72.7 Å². The Kier molecular flexibility index (Phi) is 17.2. The lowest BCUT2D eigenvalue weighted by molar-refractivity contribution is 0.366. The fourth-order valence-electron chi connectivity index (χ4n) is 7.57. The average molecular weight is 1170 g/mol. The van der Waals surface area contributed by atoms with Crippen molar-refractivity contribution in [1.82, 2.24) is 0 Å². The van der Waals surface area contributed by atoms with Crippen LogP contribution in [0.1, 0.15) is 16.7 Å². The molecule has 0 radical (unpaired) electrons. The van der Waals surface area contributed by atoms with E-state index in [4.69, 9.17) is 11.2 Å². The number of rotatable bonds is 16. The Labute approximate surface area is 465 Å². The molecule has 0 unspecified atom stereocenters. The second-order valence-corrected chi connectivity index (χ2v) is 25.1. The van der Waals surface area contributed by atoms with Gasteiger partial charge >= 0.3 is 0 Å². The lowest BCUT2D eigenvalue weighted by Crippen LogP contribution is -2.09. The van der Waals surface area contributed by atoms with E-state index in [-0.39, 0.29) is 37.8 Å². The first-order valence-corrected chi connectivity index (χ1v) is 29.5. The molecule has 3 nitrogen and oxygen atoms in total. The first-order valence-electron chi connectivity index (χ1n) is 22.7. The zero-order valence-electron chi connectivity index (χ0n) is 40.2. The summed E-state index contributed by atoms with van der Waals surface area (Å²) >= 11 is 8.03. The van der Waals surface area contributed by atoms with Crippen LogP contribution in [0.5, 0.6) is 11.5 Å². The predicted octanol–water partition coefficient (Wildman–Crippen LogP) is 19.2. The Hall–Kier alpha value is -6.17. The molecule has 0 saturated heterocycles. The maximum absolute atomic E-state index is 15.5. The molecule has 0 heterocycles. The normalized spacial score (nSPS) is 11.5. The molecule has 0 saturated carbocycles. The Morgan fingerprint density at radius 1 is 0.429 bits per heavy atom. The molecule has 77 heavy (non-hydrogen) atoms. The molecule has 0 aromatic heterocycles. The summed E-state index contributed by atoms with van der Waals surface area (Å²) in [5.41, 5.74) is -2.23. The number of halogens is 8. The van der Waals surface area contributed by atoms with Gasteiger partial charge in [-0.05, 0) is 183 Å². The van der Waals surface area contributed by atoms with E-state index in [0.717, 1.165) is 57.5 Å². The Morgan fingerprint density at radius 3 is 1.17 bits per heavy atom. The van der Waals surface area contributed by atoms with Crippen LogP contribution >= 0.6 is 70.6 Å². The molecule has 0 aliphatic heterocycles. The summed E-state index contributed by atoms with van der Waals surface area (Å²) in [5.74, 6) is -17.6. The van der Waals surface area contributed by atoms with E-state index in [1.54, 1.807) is 77.8 Å². The van der Waals surface area contributed by atoms with Gasteiger partial charge in [-0.2, -0.15) is 8.78 Å². The lowest BCUT2D eigenvalue weighted by Gasteiger charge is -2.16. The summed E-state index contributed by atoms with van der Waals surface area (Å²) in [6, 6.07) is 45.5. The number of ether oxygens (including phenoxy) is 1. The van der Waals surface area contributed by atoms with Gasteiger partial charge in [0.15, 0.2) is 34.9 Å². The van der Waals surface area contributed by atoms with Crippen molar-refractivity contribution in [1.29, 1.82) is 0 Å².